The van der Waals surface area contributed by atoms with Gasteiger partial charge in [0.05, 0.1) is 0 Å². The van der Waals surface area contributed by atoms with E-state index in [1.807, 2.05) is 0 Å². The summed E-state index contributed by atoms with van der Waals surface area (Å²) in [4.78, 5) is 0. The molecular weight excluding hydrogens is 276 g/mol. The van der Waals surface area contributed by atoms with E-state index >= 15 is 0 Å². The Hall–Kier alpha value is -0.780. The van der Waals surface area contributed by atoms with Gasteiger partial charge in [-0.15, -0.1) is 0 Å². The first kappa shape index (κ1) is 20.3. The maximum atomic E-state index is 2.48. The van der Waals surface area contributed by atoms with Crippen molar-refractivity contribution >= 4 is 0 Å². The van der Waals surface area contributed by atoms with Crippen LogP contribution in [0.4, 0.5) is 0 Å². The SMILES string of the molecule is CCCCCCCCCc1cccc(CC(CC)CCCC)c1. The molecule has 0 saturated heterocycles. The summed E-state index contributed by atoms with van der Waals surface area (Å²) in [5.41, 5.74) is 3.12. The molecule has 1 aromatic rings. The summed E-state index contributed by atoms with van der Waals surface area (Å²) in [5, 5.41) is 0. The quantitative estimate of drug-likeness (QED) is 0.308. The molecule has 0 fully saturated rings. The minimum atomic E-state index is 0.878. The van der Waals surface area contributed by atoms with Crippen LogP contribution in [0.25, 0.3) is 0 Å². The zero-order valence-corrected chi connectivity index (χ0v) is 16.1. The molecule has 0 nitrogen and oxygen atoms in total. The fourth-order valence-electron chi connectivity index (χ4n) is 3.48. The molecule has 1 rings (SSSR count). The minimum Gasteiger partial charge on any atom is -0.0654 e. The lowest BCUT2D eigenvalue weighted by Crippen LogP contribution is -2.03. The summed E-state index contributed by atoms with van der Waals surface area (Å²) in [6, 6.07) is 9.42. The van der Waals surface area contributed by atoms with E-state index in [1.165, 1.54) is 83.5 Å². The molecule has 0 aromatic heterocycles. The Balaban J connectivity index is 2.29. The smallest absolute Gasteiger partial charge is 0.0250 e. The van der Waals surface area contributed by atoms with Gasteiger partial charge >= 0.3 is 0 Å². The Morgan fingerprint density at radius 2 is 1.39 bits per heavy atom. The molecular formula is C23H40. The molecule has 23 heavy (non-hydrogen) atoms. The van der Waals surface area contributed by atoms with Crippen LogP contribution in [0.3, 0.4) is 0 Å². The molecule has 132 valence electrons. The second-order valence-corrected chi connectivity index (χ2v) is 7.31. The number of rotatable bonds is 14. The summed E-state index contributed by atoms with van der Waals surface area (Å²) in [6.07, 6.45) is 17.8. The number of unbranched alkanes of at least 4 members (excludes halogenated alkanes) is 7. The van der Waals surface area contributed by atoms with E-state index in [0.717, 1.165) is 5.92 Å². The topological polar surface area (TPSA) is 0 Å². The molecule has 0 N–H and O–H groups in total. The minimum absolute atomic E-state index is 0.878. The van der Waals surface area contributed by atoms with Gasteiger partial charge in [0, 0.05) is 0 Å². The molecule has 1 atom stereocenters. The molecule has 0 heteroatoms. The second-order valence-electron chi connectivity index (χ2n) is 7.31. The van der Waals surface area contributed by atoms with Crippen LogP contribution in [-0.2, 0) is 12.8 Å². The molecule has 0 aliphatic carbocycles. The van der Waals surface area contributed by atoms with Crippen molar-refractivity contribution in [1.29, 1.82) is 0 Å². The van der Waals surface area contributed by atoms with Crippen molar-refractivity contribution in [3.8, 4) is 0 Å². The van der Waals surface area contributed by atoms with Crippen molar-refractivity contribution in [2.75, 3.05) is 0 Å². The van der Waals surface area contributed by atoms with Gasteiger partial charge in [0.2, 0.25) is 0 Å². The van der Waals surface area contributed by atoms with Gasteiger partial charge < -0.3 is 0 Å². The lowest BCUT2D eigenvalue weighted by atomic mass is 9.91. The number of aryl methyl sites for hydroxylation is 1. The molecule has 0 radical (unpaired) electrons. The van der Waals surface area contributed by atoms with Crippen molar-refractivity contribution in [3.05, 3.63) is 35.4 Å². The van der Waals surface area contributed by atoms with E-state index in [2.05, 4.69) is 45.0 Å². The van der Waals surface area contributed by atoms with Crippen LogP contribution in [0.1, 0.15) is 103 Å². The lowest BCUT2D eigenvalue weighted by Gasteiger charge is -2.15. The van der Waals surface area contributed by atoms with Gasteiger partial charge in [0.1, 0.15) is 0 Å². The van der Waals surface area contributed by atoms with Crippen LogP contribution >= 0.6 is 0 Å². The highest BCUT2D eigenvalue weighted by Crippen LogP contribution is 2.20. The predicted molar refractivity (Wildman–Crippen MR) is 105 cm³/mol. The van der Waals surface area contributed by atoms with Gasteiger partial charge in [0.25, 0.3) is 0 Å². The van der Waals surface area contributed by atoms with Crippen LogP contribution in [-0.4, -0.2) is 0 Å². The summed E-state index contributed by atoms with van der Waals surface area (Å²) < 4.78 is 0. The predicted octanol–water partition coefficient (Wildman–Crippen LogP) is 7.74. The Kier molecular flexibility index (Phi) is 12.0. The Bertz CT molecular complexity index is 379. The van der Waals surface area contributed by atoms with E-state index in [9.17, 15) is 0 Å². The maximum absolute atomic E-state index is 2.48. The molecule has 0 saturated carbocycles. The largest absolute Gasteiger partial charge is 0.0654 e. The Morgan fingerprint density at radius 3 is 2.09 bits per heavy atom. The van der Waals surface area contributed by atoms with E-state index in [0.29, 0.717) is 0 Å². The fourth-order valence-corrected chi connectivity index (χ4v) is 3.48. The third-order valence-electron chi connectivity index (χ3n) is 5.13. The van der Waals surface area contributed by atoms with Gasteiger partial charge in [-0.1, -0.05) is 109 Å². The van der Waals surface area contributed by atoms with Crippen LogP contribution in [0, 0.1) is 5.92 Å². The summed E-state index contributed by atoms with van der Waals surface area (Å²) in [6.45, 7) is 6.94. The van der Waals surface area contributed by atoms with Crippen molar-refractivity contribution in [2.24, 2.45) is 5.92 Å². The van der Waals surface area contributed by atoms with Crippen molar-refractivity contribution in [2.45, 2.75) is 104 Å². The Labute approximate surface area is 146 Å². The van der Waals surface area contributed by atoms with Gasteiger partial charge in [-0.25, -0.2) is 0 Å². The molecule has 0 bridgehead atoms. The van der Waals surface area contributed by atoms with Gasteiger partial charge in [-0.05, 0) is 36.3 Å². The highest BCUT2D eigenvalue weighted by Gasteiger charge is 2.07. The molecule has 0 aliphatic heterocycles. The van der Waals surface area contributed by atoms with Crippen LogP contribution < -0.4 is 0 Å². The normalized spacial score (nSPS) is 12.5. The third-order valence-corrected chi connectivity index (χ3v) is 5.13. The van der Waals surface area contributed by atoms with Crippen molar-refractivity contribution in [1.82, 2.24) is 0 Å². The monoisotopic (exact) mass is 316 g/mol. The molecule has 0 aliphatic rings. The molecule has 1 unspecified atom stereocenters. The first-order valence-electron chi connectivity index (χ1n) is 10.4. The van der Waals surface area contributed by atoms with Crippen molar-refractivity contribution in [3.63, 3.8) is 0 Å². The Morgan fingerprint density at radius 1 is 0.739 bits per heavy atom. The number of hydrogen-bond donors (Lipinski definition) is 0. The number of hydrogen-bond acceptors (Lipinski definition) is 0. The number of benzene rings is 1. The summed E-state index contributed by atoms with van der Waals surface area (Å²) >= 11 is 0. The van der Waals surface area contributed by atoms with E-state index in [-0.39, 0.29) is 0 Å². The standard InChI is InChI=1S/C23H40/c1-4-7-9-10-11-12-13-16-22-17-14-18-23(20-22)19-21(6-3)15-8-5-2/h14,17-18,20-21H,4-13,15-16,19H2,1-3H3. The van der Waals surface area contributed by atoms with Crippen LogP contribution in [0.15, 0.2) is 24.3 Å². The zero-order valence-electron chi connectivity index (χ0n) is 16.1. The summed E-state index contributed by atoms with van der Waals surface area (Å²) in [5.74, 6) is 0.878. The van der Waals surface area contributed by atoms with E-state index < -0.39 is 0 Å². The molecule has 0 amide bonds. The van der Waals surface area contributed by atoms with E-state index in [1.54, 1.807) is 11.1 Å². The van der Waals surface area contributed by atoms with Crippen LogP contribution in [0.5, 0.6) is 0 Å². The van der Waals surface area contributed by atoms with Gasteiger partial charge in [0.15, 0.2) is 0 Å². The van der Waals surface area contributed by atoms with Gasteiger partial charge in [-0.2, -0.15) is 0 Å². The summed E-state index contributed by atoms with van der Waals surface area (Å²) in [7, 11) is 0. The highest BCUT2D eigenvalue weighted by molar-refractivity contribution is 5.24. The molecule has 0 heterocycles. The zero-order chi connectivity index (χ0) is 16.8. The highest BCUT2D eigenvalue weighted by atomic mass is 14.1. The second kappa shape index (κ2) is 13.6. The molecule has 0 spiro atoms. The first-order valence-corrected chi connectivity index (χ1v) is 10.4. The maximum Gasteiger partial charge on any atom is -0.0250 e. The molecule has 1 aromatic carbocycles. The first-order chi connectivity index (χ1) is 11.3. The lowest BCUT2D eigenvalue weighted by molar-refractivity contribution is 0.449. The van der Waals surface area contributed by atoms with Crippen LogP contribution in [0.2, 0.25) is 0 Å². The van der Waals surface area contributed by atoms with E-state index in [4.69, 9.17) is 0 Å². The average molecular weight is 317 g/mol. The van der Waals surface area contributed by atoms with Crippen molar-refractivity contribution < 1.29 is 0 Å². The average Bonchev–Trinajstić information content (AvgIpc) is 2.58. The van der Waals surface area contributed by atoms with Gasteiger partial charge in [-0.3, -0.25) is 0 Å². The third kappa shape index (κ3) is 9.84. The fraction of sp³-hybridized carbons (Fsp3) is 0.739.